The highest BCUT2D eigenvalue weighted by atomic mass is 14.2. The number of benzene rings is 18. The van der Waals surface area contributed by atoms with Gasteiger partial charge in [-0.25, -0.2) is 0 Å². The maximum Gasteiger partial charge on any atom is -0.00761 e. The Morgan fingerprint density at radius 1 is 0.105 bits per heavy atom. The van der Waals surface area contributed by atoms with Gasteiger partial charge in [0.2, 0.25) is 0 Å². The number of hydrogen-bond donors (Lipinski definition) is 0. The summed E-state index contributed by atoms with van der Waals surface area (Å²) in [6, 6.07) is 167. The fourth-order valence-electron chi connectivity index (χ4n) is 14.4. The van der Waals surface area contributed by atoms with Crippen molar-refractivity contribution in [2.75, 3.05) is 0 Å². The van der Waals surface area contributed by atoms with E-state index in [2.05, 4.69) is 509 Å². The minimum Gasteiger partial charge on any atom is -0.0622 e. The molecule has 0 atom stereocenters. The zero-order valence-electron chi connectivity index (χ0n) is 66.0. The zero-order chi connectivity index (χ0) is 78.5. The quantitative estimate of drug-likeness (QED) is 0.114. The van der Waals surface area contributed by atoms with Crippen LogP contribution in [0, 0.1) is 41.5 Å². The van der Waals surface area contributed by atoms with Crippen LogP contribution in [0.25, 0.3) is 134 Å². The van der Waals surface area contributed by atoms with Crippen molar-refractivity contribution in [3.63, 3.8) is 0 Å². The van der Waals surface area contributed by atoms with Crippen molar-refractivity contribution < 1.29 is 0 Å². The fourth-order valence-corrected chi connectivity index (χ4v) is 14.4. The Labute approximate surface area is 677 Å². The SMILES string of the molecule is Cc1ccc(-c2ccccc2)c(-c2ccccc2)c1.Cc1ccc(-c2ccccc2-c2ccccc2)cc1.Cc1cccc(-c2cccc(-c3ccccc3)c2)c1.Cc1cccc(-c2ccccc2)c1-c1ccccc1.Cc1cccc(-c2ccccc2-c2ccccc2)c1.Cc1ccccc1-c1ccccc1-c1ccccc1. The van der Waals surface area contributed by atoms with Crippen LogP contribution in [0.2, 0.25) is 0 Å². The molecule has 0 aliphatic heterocycles. The van der Waals surface area contributed by atoms with Crippen LogP contribution in [-0.4, -0.2) is 0 Å². The first-order valence-electron chi connectivity index (χ1n) is 39.4. The molecule has 0 heterocycles. The van der Waals surface area contributed by atoms with Gasteiger partial charge < -0.3 is 0 Å². The molecule has 0 amide bonds. The van der Waals surface area contributed by atoms with Crippen LogP contribution in [0.15, 0.2) is 473 Å². The second-order valence-corrected chi connectivity index (χ2v) is 28.6. The van der Waals surface area contributed by atoms with Crippen molar-refractivity contribution in [2.24, 2.45) is 0 Å². The summed E-state index contributed by atoms with van der Waals surface area (Å²) < 4.78 is 0. The van der Waals surface area contributed by atoms with Crippen LogP contribution < -0.4 is 0 Å². The topological polar surface area (TPSA) is 0 Å². The molecule has 18 aromatic carbocycles. The van der Waals surface area contributed by atoms with Gasteiger partial charge in [0.25, 0.3) is 0 Å². The molecule has 0 aliphatic carbocycles. The summed E-state index contributed by atoms with van der Waals surface area (Å²) in [7, 11) is 0. The molecule has 0 unspecified atom stereocenters. The van der Waals surface area contributed by atoms with Crippen LogP contribution in [0.5, 0.6) is 0 Å². The summed E-state index contributed by atoms with van der Waals surface area (Å²) in [6.45, 7) is 12.9. The molecular formula is C114H96. The third kappa shape index (κ3) is 21.1. The highest BCUT2D eigenvalue weighted by molar-refractivity contribution is 5.89. The van der Waals surface area contributed by atoms with Gasteiger partial charge in [-0.3, -0.25) is 0 Å². The Hall–Kier alpha value is -14.0. The van der Waals surface area contributed by atoms with Crippen LogP contribution in [0.4, 0.5) is 0 Å². The van der Waals surface area contributed by atoms with Crippen LogP contribution in [0.1, 0.15) is 33.4 Å². The molecule has 0 spiro atoms. The average molecular weight is 1470 g/mol. The summed E-state index contributed by atoms with van der Waals surface area (Å²) in [5, 5.41) is 0. The first-order valence-corrected chi connectivity index (χ1v) is 39.4. The van der Waals surface area contributed by atoms with Gasteiger partial charge in [-0.05, 0) is 192 Å². The smallest absolute Gasteiger partial charge is 0.00761 e. The van der Waals surface area contributed by atoms with E-state index >= 15 is 0 Å². The molecule has 0 heteroatoms. The Balaban J connectivity index is 0.000000119. The third-order valence-corrected chi connectivity index (χ3v) is 20.2. The summed E-state index contributed by atoms with van der Waals surface area (Å²) in [6.07, 6.45) is 0. The summed E-state index contributed by atoms with van der Waals surface area (Å²) >= 11 is 0. The molecule has 0 nitrogen and oxygen atoms in total. The average Bonchev–Trinajstić information content (AvgIpc) is 0.818. The predicted octanol–water partition coefficient (Wildman–Crippen LogP) is 32.0. The van der Waals surface area contributed by atoms with E-state index in [-0.39, 0.29) is 0 Å². The van der Waals surface area contributed by atoms with Gasteiger partial charge >= 0.3 is 0 Å². The Morgan fingerprint density at radius 3 is 0.781 bits per heavy atom. The first kappa shape index (κ1) is 78.1. The number of aryl methyl sites for hydroxylation is 6. The molecule has 0 fully saturated rings. The van der Waals surface area contributed by atoms with Gasteiger partial charge in [0.15, 0.2) is 0 Å². The van der Waals surface area contributed by atoms with E-state index in [0.717, 1.165) is 0 Å². The zero-order valence-corrected chi connectivity index (χ0v) is 66.0. The van der Waals surface area contributed by atoms with Gasteiger partial charge in [-0.15, -0.1) is 0 Å². The lowest BCUT2D eigenvalue weighted by Gasteiger charge is -2.13. The summed E-state index contributed by atoms with van der Waals surface area (Å²) in [4.78, 5) is 0. The monoisotopic (exact) mass is 1460 g/mol. The van der Waals surface area contributed by atoms with E-state index in [1.807, 2.05) is 6.07 Å². The standard InChI is InChI=1S/6C19H16/c1-15-9-8-14-18(16-10-4-2-5-11-16)19(15)17-12-6-3-7-13-17;1-15-12-13-18(16-8-4-2-5-9-16)19(14-15)17-10-6-3-7-11-17;1-15-7-5-10-17(13-15)19-12-6-11-18(14-19)16-8-3-2-4-9-16;1-15-9-5-6-12-17(15)19-14-8-7-13-18(19)16-10-3-2-4-11-16;1-15-8-7-11-17(14-15)19-13-6-5-12-18(19)16-9-3-2-4-10-16;1-15-11-13-17(14-12-15)19-10-6-5-9-18(19)16-7-3-2-4-8-16/h6*2-14H,1H3. The first-order chi connectivity index (χ1) is 56.1. The summed E-state index contributed by atoms with van der Waals surface area (Å²) in [5.41, 5.74) is 38.5. The molecule has 114 heavy (non-hydrogen) atoms. The lowest BCUT2D eigenvalue weighted by atomic mass is 9.91. The maximum absolute atomic E-state index is 2.26. The molecule has 0 saturated carbocycles. The van der Waals surface area contributed by atoms with Crippen molar-refractivity contribution in [1.29, 1.82) is 0 Å². The van der Waals surface area contributed by atoms with Crippen LogP contribution in [-0.2, 0) is 0 Å². The minimum atomic E-state index is 1.26. The van der Waals surface area contributed by atoms with E-state index in [0.29, 0.717) is 0 Å². The van der Waals surface area contributed by atoms with Crippen molar-refractivity contribution in [3.8, 4) is 134 Å². The Kier molecular flexibility index (Phi) is 27.4. The molecule has 552 valence electrons. The highest BCUT2D eigenvalue weighted by Crippen LogP contribution is 2.39. The van der Waals surface area contributed by atoms with Gasteiger partial charge in [-0.1, -0.05) is 489 Å². The summed E-state index contributed by atoms with van der Waals surface area (Å²) in [5.74, 6) is 0. The molecule has 0 bridgehead atoms. The van der Waals surface area contributed by atoms with Gasteiger partial charge in [0.05, 0.1) is 0 Å². The Morgan fingerprint density at radius 2 is 0.351 bits per heavy atom. The van der Waals surface area contributed by atoms with Crippen molar-refractivity contribution in [3.05, 3.63) is 507 Å². The number of hydrogen-bond acceptors (Lipinski definition) is 0. The van der Waals surface area contributed by atoms with Gasteiger partial charge in [-0.2, -0.15) is 0 Å². The van der Waals surface area contributed by atoms with E-state index < -0.39 is 0 Å². The second kappa shape index (κ2) is 40.1. The largest absolute Gasteiger partial charge is 0.0622 e. The van der Waals surface area contributed by atoms with Crippen LogP contribution in [0.3, 0.4) is 0 Å². The van der Waals surface area contributed by atoms with E-state index in [1.54, 1.807) is 0 Å². The predicted molar refractivity (Wildman–Crippen MR) is 492 cm³/mol. The van der Waals surface area contributed by atoms with Gasteiger partial charge in [0.1, 0.15) is 0 Å². The van der Waals surface area contributed by atoms with E-state index in [4.69, 9.17) is 0 Å². The molecular weight excluding hydrogens is 1370 g/mol. The lowest BCUT2D eigenvalue weighted by Crippen LogP contribution is -1.88. The highest BCUT2D eigenvalue weighted by Gasteiger charge is 2.14. The molecule has 0 radical (unpaired) electrons. The second-order valence-electron chi connectivity index (χ2n) is 28.6. The maximum atomic E-state index is 2.26. The van der Waals surface area contributed by atoms with Gasteiger partial charge in [0, 0.05) is 0 Å². The fraction of sp³-hybridized carbons (Fsp3) is 0.0526. The molecule has 0 saturated heterocycles. The minimum absolute atomic E-state index is 1.26. The van der Waals surface area contributed by atoms with E-state index in [1.165, 1.54) is 167 Å². The molecule has 18 rings (SSSR count). The van der Waals surface area contributed by atoms with Crippen molar-refractivity contribution in [2.45, 2.75) is 41.5 Å². The van der Waals surface area contributed by atoms with Crippen molar-refractivity contribution >= 4 is 0 Å². The van der Waals surface area contributed by atoms with E-state index in [9.17, 15) is 0 Å². The molecule has 18 aromatic rings. The van der Waals surface area contributed by atoms with Crippen LogP contribution >= 0.6 is 0 Å². The molecule has 0 N–H and O–H groups in total. The molecule has 0 aliphatic rings. The Bertz CT molecular complexity index is 5920. The third-order valence-electron chi connectivity index (χ3n) is 20.2. The number of rotatable bonds is 12. The van der Waals surface area contributed by atoms with Crippen molar-refractivity contribution in [1.82, 2.24) is 0 Å². The lowest BCUT2D eigenvalue weighted by molar-refractivity contribution is 1.45. The normalized spacial score (nSPS) is 10.4. The molecule has 0 aromatic heterocycles.